The molecule has 2 rings (SSSR count). The Bertz CT molecular complexity index is 816. The predicted molar refractivity (Wildman–Crippen MR) is 84.6 cm³/mol. The molecule has 1 saturated carbocycles. The fraction of sp³-hybridized carbons (Fsp3) is 0.500. The minimum absolute atomic E-state index is 0.259. The number of hydrogen-bond acceptors (Lipinski definition) is 5. The van der Waals surface area contributed by atoms with Crippen molar-refractivity contribution in [3.63, 3.8) is 0 Å². The lowest BCUT2D eigenvalue weighted by Crippen LogP contribution is -2.35. The quantitative estimate of drug-likeness (QED) is 0.354. The molecule has 0 saturated heterocycles. The average molecular weight is 358 g/mol. The largest absolute Gasteiger partial charge is 0.499 e. The summed E-state index contributed by atoms with van der Waals surface area (Å²) < 4.78 is 54.0. The van der Waals surface area contributed by atoms with Crippen LogP contribution < -0.4 is 4.74 Å². The van der Waals surface area contributed by atoms with E-state index < -0.39 is 29.3 Å². The maximum Gasteiger partial charge on any atom is 0.499 e. The highest BCUT2D eigenvalue weighted by atomic mass is 32.3. The van der Waals surface area contributed by atoms with E-state index in [0.717, 1.165) is 6.42 Å². The van der Waals surface area contributed by atoms with E-state index in [-0.39, 0.29) is 4.90 Å². The van der Waals surface area contributed by atoms with Crippen molar-refractivity contribution in [2.24, 2.45) is 0 Å². The Morgan fingerprint density at radius 3 is 2.13 bits per heavy atom. The Hall–Kier alpha value is -1.70. The van der Waals surface area contributed by atoms with Crippen molar-refractivity contribution < 1.29 is 26.4 Å². The van der Waals surface area contributed by atoms with Gasteiger partial charge in [-0.2, -0.15) is 0 Å². The van der Waals surface area contributed by atoms with Crippen molar-refractivity contribution in [1.29, 1.82) is 0 Å². The van der Waals surface area contributed by atoms with Gasteiger partial charge in [-0.1, -0.05) is 19.3 Å². The zero-order valence-electron chi connectivity index (χ0n) is 12.7. The SMILES string of the molecule is COc1ccc(S(=O)(=O)C(=[N+]=[N-])S(=O)(=O)C2CCCCC2)cc1. The van der Waals surface area contributed by atoms with Gasteiger partial charge in [-0.25, -0.2) is 16.8 Å². The zero-order valence-corrected chi connectivity index (χ0v) is 14.3. The second-order valence-corrected chi connectivity index (χ2v) is 9.62. The molecule has 1 aromatic carbocycles. The summed E-state index contributed by atoms with van der Waals surface area (Å²) in [5.41, 5.74) is 9.09. The van der Waals surface area contributed by atoms with Crippen LogP contribution in [0.2, 0.25) is 0 Å². The van der Waals surface area contributed by atoms with Gasteiger partial charge in [0.1, 0.15) is 5.75 Å². The van der Waals surface area contributed by atoms with Gasteiger partial charge >= 0.3 is 4.38 Å². The van der Waals surface area contributed by atoms with Crippen LogP contribution in [0.3, 0.4) is 0 Å². The first-order valence-corrected chi connectivity index (χ1v) is 10.2. The van der Waals surface area contributed by atoms with E-state index >= 15 is 0 Å². The second kappa shape index (κ2) is 6.82. The molecule has 1 aliphatic rings. The fourth-order valence-electron chi connectivity index (χ4n) is 2.64. The molecule has 0 unspecified atom stereocenters. The maximum atomic E-state index is 12.6. The van der Waals surface area contributed by atoms with Crippen LogP contribution in [-0.4, -0.2) is 38.4 Å². The Morgan fingerprint density at radius 2 is 1.65 bits per heavy atom. The summed E-state index contributed by atoms with van der Waals surface area (Å²) in [6, 6.07) is 5.23. The van der Waals surface area contributed by atoms with Crippen molar-refractivity contribution in [1.82, 2.24) is 0 Å². The minimum atomic E-state index is -4.43. The fourth-order valence-corrected chi connectivity index (χ4v) is 6.71. The number of nitrogens with zero attached hydrogens (tertiary/aromatic N) is 2. The van der Waals surface area contributed by atoms with Gasteiger partial charge in [0.25, 0.3) is 19.7 Å². The second-order valence-electron chi connectivity index (χ2n) is 5.35. The molecule has 0 radical (unpaired) electrons. The van der Waals surface area contributed by atoms with E-state index in [9.17, 15) is 16.8 Å². The molecule has 0 aromatic heterocycles. The van der Waals surface area contributed by atoms with E-state index in [4.69, 9.17) is 10.3 Å². The highest BCUT2D eigenvalue weighted by molar-refractivity contribution is 8.31. The van der Waals surface area contributed by atoms with Gasteiger partial charge in [-0.3, -0.25) is 0 Å². The Labute approximate surface area is 135 Å². The predicted octanol–water partition coefficient (Wildman–Crippen LogP) is 1.80. The molecule has 1 fully saturated rings. The number of sulfone groups is 2. The first-order chi connectivity index (χ1) is 10.8. The first-order valence-electron chi connectivity index (χ1n) is 7.19. The monoisotopic (exact) mass is 358 g/mol. The molecule has 7 nitrogen and oxygen atoms in total. The lowest BCUT2D eigenvalue weighted by Gasteiger charge is -2.19. The number of rotatable bonds is 3. The van der Waals surface area contributed by atoms with Gasteiger partial charge in [0.15, 0.2) is 0 Å². The average Bonchev–Trinajstić information content (AvgIpc) is 2.56. The number of benzene rings is 1. The summed E-state index contributed by atoms with van der Waals surface area (Å²) in [6.45, 7) is 0. The molecule has 23 heavy (non-hydrogen) atoms. The van der Waals surface area contributed by atoms with Crippen molar-refractivity contribution >= 4 is 24.1 Å². The van der Waals surface area contributed by atoms with Gasteiger partial charge in [-0.05, 0) is 37.1 Å². The maximum absolute atomic E-state index is 12.6. The van der Waals surface area contributed by atoms with Crippen LogP contribution in [0, 0.1) is 0 Å². The van der Waals surface area contributed by atoms with E-state index in [0.29, 0.717) is 31.4 Å². The lowest BCUT2D eigenvalue weighted by molar-refractivity contribution is 0.00370. The molecular formula is C14H18N2O5S2. The van der Waals surface area contributed by atoms with Gasteiger partial charge in [0.05, 0.1) is 17.3 Å². The highest BCUT2D eigenvalue weighted by Gasteiger charge is 2.47. The van der Waals surface area contributed by atoms with Crippen LogP contribution >= 0.6 is 0 Å². The third-order valence-electron chi connectivity index (χ3n) is 3.92. The summed E-state index contributed by atoms with van der Waals surface area (Å²) in [4.78, 5) is 2.38. The minimum Gasteiger partial charge on any atom is -0.497 e. The summed E-state index contributed by atoms with van der Waals surface area (Å²) >= 11 is 0. The normalized spacial score (nSPS) is 16.6. The standard InChI is InChI=1S/C14H18N2O5S2/c1-21-11-7-9-13(10-8-11)23(19,20)14(16-15)22(17,18)12-5-3-2-4-6-12/h7-10,12H,2-6H2,1H3. The molecule has 0 amide bonds. The molecule has 0 spiro atoms. The van der Waals surface area contributed by atoms with E-state index in [1.165, 1.54) is 31.4 Å². The topological polar surface area (TPSA) is 114 Å². The number of hydrogen-bond donors (Lipinski definition) is 0. The van der Waals surface area contributed by atoms with E-state index in [2.05, 4.69) is 4.79 Å². The van der Waals surface area contributed by atoms with E-state index in [1.54, 1.807) is 0 Å². The molecular weight excluding hydrogens is 340 g/mol. The van der Waals surface area contributed by atoms with Crippen molar-refractivity contribution in [3.8, 4) is 5.75 Å². The van der Waals surface area contributed by atoms with Crippen LogP contribution in [0.4, 0.5) is 0 Å². The molecule has 0 atom stereocenters. The van der Waals surface area contributed by atoms with Gasteiger partial charge in [0.2, 0.25) is 0 Å². The lowest BCUT2D eigenvalue weighted by atomic mass is 10.0. The van der Waals surface area contributed by atoms with Gasteiger partial charge in [0, 0.05) is 0 Å². The molecule has 0 heterocycles. The molecule has 9 heteroatoms. The van der Waals surface area contributed by atoms with E-state index in [1.807, 2.05) is 0 Å². The van der Waals surface area contributed by atoms with Crippen LogP contribution in [-0.2, 0) is 19.7 Å². The highest BCUT2D eigenvalue weighted by Crippen LogP contribution is 2.27. The van der Waals surface area contributed by atoms with Gasteiger partial charge < -0.3 is 10.3 Å². The van der Waals surface area contributed by atoms with Crippen LogP contribution in [0.1, 0.15) is 32.1 Å². The summed E-state index contributed by atoms with van der Waals surface area (Å²) in [5.74, 6) is 0.432. The van der Waals surface area contributed by atoms with Crippen molar-refractivity contribution in [2.75, 3.05) is 7.11 Å². The molecule has 1 aromatic rings. The van der Waals surface area contributed by atoms with Crippen LogP contribution in [0.25, 0.3) is 5.53 Å². The van der Waals surface area contributed by atoms with Gasteiger partial charge in [-0.15, -0.1) is 4.79 Å². The Kier molecular flexibility index (Phi) is 5.23. The Balaban J connectivity index is 2.44. The summed E-state index contributed by atoms with van der Waals surface area (Å²) in [6.07, 6.45) is 3.10. The molecule has 0 bridgehead atoms. The third-order valence-corrected chi connectivity index (χ3v) is 8.62. The number of methoxy groups -OCH3 is 1. The third kappa shape index (κ3) is 3.46. The Morgan fingerprint density at radius 1 is 1.09 bits per heavy atom. The first kappa shape index (κ1) is 17.7. The summed E-state index contributed by atoms with van der Waals surface area (Å²) in [7, 11) is -7.21. The van der Waals surface area contributed by atoms with Crippen molar-refractivity contribution in [3.05, 3.63) is 29.8 Å². The smallest absolute Gasteiger partial charge is 0.497 e. The van der Waals surface area contributed by atoms with Crippen molar-refractivity contribution in [2.45, 2.75) is 42.2 Å². The number of ether oxygens (including phenoxy) is 1. The molecule has 0 N–H and O–H groups in total. The molecule has 1 aliphatic carbocycles. The van der Waals surface area contributed by atoms with Crippen LogP contribution in [0.15, 0.2) is 29.2 Å². The molecule has 0 aliphatic heterocycles. The molecule has 126 valence electrons. The summed E-state index contributed by atoms with van der Waals surface area (Å²) in [5, 5.41) is -0.824. The zero-order chi connectivity index (χ0) is 17.1. The van der Waals surface area contributed by atoms with Crippen LogP contribution in [0.5, 0.6) is 5.75 Å².